The normalized spacial score (nSPS) is 11.1. The Morgan fingerprint density at radius 3 is 2.19 bits per heavy atom. The quantitative estimate of drug-likeness (QED) is 0.485. The first kappa shape index (κ1) is 14.5. The van der Waals surface area contributed by atoms with E-state index in [0.29, 0.717) is 11.9 Å². The van der Waals surface area contributed by atoms with Crippen LogP contribution in [0.2, 0.25) is 0 Å². The summed E-state index contributed by atoms with van der Waals surface area (Å²) < 4.78 is 5.78. The molecule has 0 amide bonds. The summed E-state index contributed by atoms with van der Waals surface area (Å²) in [7, 11) is 0. The highest BCUT2D eigenvalue weighted by atomic mass is 16.4. The number of rotatable bonds is 3. The predicted molar refractivity (Wildman–Crippen MR) is 100 cm³/mol. The lowest BCUT2D eigenvalue weighted by atomic mass is 10.1. The lowest BCUT2D eigenvalue weighted by Gasteiger charge is -2.10. The van der Waals surface area contributed by atoms with Crippen molar-refractivity contribution in [3.8, 4) is 11.5 Å². The van der Waals surface area contributed by atoms with E-state index < -0.39 is 0 Å². The fourth-order valence-corrected chi connectivity index (χ4v) is 2.96. The van der Waals surface area contributed by atoms with Gasteiger partial charge in [0.2, 0.25) is 0 Å². The first-order valence-corrected chi connectivity index (χ1v) is 8.17. The van der Waals surface area contributed by atoms with Gasteiger partial charge in [-0.05, 0) is 24.3 Å². The maximum Gasteiger partial charge on any atom is 0.320 e. The molecule has 0 aliphatic heterocycles. The van der Waals surface area contributed by atoms with Gasteiger partial charge in [0.25, 0.3) is 5.89 Å². The number of para-hydroxylation sites is 2. The fourth-order valence-electron chi connectivity index (χ4n) is 2.96. The molecule has 1 N–H and O–H groups in total. The zero-order chi connectivity index (χ0) is 17.3. The minimum atomic E-state index is 0.324. The molecule has 0 unspecified atom stereocenters. The summed E-state index contributed by atoms with van der Waals surface area (Å²) in [5, 5.41) is 13.5. The summed E-state index contributed by atoms with van der Waals surface area (Å²) in [5.74, 6) is 0.420. The van der Waals surface area contributed by atoms with E-state index in [1.54, 1.807) is 12.4 Å². The van der Waals surface area contributed by atoms with E-state index in [1.165, 1.54) is 0 Å². The minimum Gasteiger partial charge on any atom is -0.403 e. The molecule has 6 heteroatoms. The molecule has 5 rings (SSSR count). The Bertz CT molecular complexity index is 1160. The highest BCUT2D eigenvalue weighted by Gasteiger charge is 2.13. The van der Waals surface area contributed by atoms with Crippen LogP contribution in [0, 0.1) is 0 Å². The third-order valence-corrected chi connectivity index (χ3v) is 4.15. The van der Waals surface area contributed by atoms with E-state index in [1.807, 2.05) is 60.7 Å². The van der Waals surface area contributed by atoms with E-state index in [-0.39, 0.29) is 0 Å². The van der Waals surface area contributed by atoms with E-state index in [0.717, 1.165) is 33.1 Å². The molecule has 3 aromatic heterocycles. The van der Waals surface area contributed by atoms with Crippen LogP contribution in [-0.4, -0.2) is 20.2 Å². The largest absolute Gasteiger partial charge is 0.403 e. The Labute approximate surface area is 148 Å². The van der Waals surface area contributed by atoms with Crippen LogP contribution in [0.3, 0.4) is 0 Å². The van der Waals surface area contributed by atoms with E-state index in [9.17, 15) is 0 Å². The molecule has 0 spiro atoms. The monoisotopic (exact) mass is 339 g/mol. The molecule has 0 radical (unpaired) electrons. The van der Waals surface area contributed by atoms with Gasteiger partial charge < -0.3 is 9.73 Å². The molecule has 0 saturated carbocycles. The number of aromatic nitrogens is 4. The lowest BCUT2D eigenvalue weighted by Crippen LogP contribution is -1.95. The molecule has 0 saturated heterocycles. The summed E-state index contributed by atoms with van der Waals surface area (Å²) in [6, 6.07) is 20.0. The van der Waals surface area contributed by atoms with Crippen LogP contribution in [0.25, 0.3) is 33.3 Å². The average molecular weight is 339 g/mol. The third-order valence-electron chi connectivity index (χ3n) is 4.15. The van der Waals surface area contributed by atoms with Crippen LogP contribution in [0.15, 0.2) is 77.5 Å². The molecule has 0 aliphatic rings. The van der Waals surface area contributed by atoms with Gasteiger partial charge in [0.05, 0.1) is 22.3 Å². The molecule has 2 aromatic carbocycles. The molecule has 0 atom stereocenters. The predicted octanol–water partition coefficient (Wildman–Crippen LogP) is 4.58. The summed E-state index contributed by atoms with van der Waals surface area (Å²) in [4.78, 5) is 8.80. The van der Waals surface area contributed by atoms with Crippen molar-refractivity contribution in [2.24, 2.45) is 0 Å². The number of nitrogens with zero attached hydrogens (tertiary/aromatic N) is 4. The lowest BCUT2D eigenvalue weighted by molar-refractivity contribution is 0.587. The second-order valence-corrected chi connectivity index (χ2v) is 5.80. The first-order valence-electron chi connectivity index (χ1n) is 8.17. The summed E-state index contributed by atoms with van der Waals surface area (Å²) in [6.07, 6.45) is 3.39. The van der Waals surface area contributed by atoms with Crippen molar-refractivity contribution in [1.82, 2.24) is 20.2 Å². The van der Waals surface area contributed by atoms with Crippen LogP contribution in [0.4, 0.5) is 11.7 Å². The van der Waals surface area contributed by atoms with E-state index >= 15 is 0 Å². The molecule has 124 valence electrons. The Balaban J connectivity index is 1.64. The topological polar surface area (TPSA) is 76.7 Å². The second kappa shape index (κ2) is 5.93. The van der Waals surface area contributed by atoms with Crippen LogP contribution in [-0.2, 0) is 0 Å². The van der Waals surface area contributed by atoms with E-state index in [4.69, 9.17) is 9.40 Å². The van der Waals surface area contributed by atoms with Crippen molar-refractivity contribution in [3.63, 3.8) is 0 Å². The number of nitrogens with one attached hydrogen (secondary N) is 1. The number of anilines is 2. The van der Waals surface area contributed by atoms with Gasteiger partial charge in [-0.2, -0.15) is 0 Å². The van der Waals surface area contributed by atoms with Crippen molar-refractivity contribution in [3.05, 3.63) is 73.1 Å². The number of hydrogen-bond donors (Lipinski definition) is 1. The number of benzene rings is 2. The molecule has 0 bridgehead atoms. The maximum absolute atomic E-state index is 5.78. The molecular weight excluding hydrogens is 326 g/mol. The van der Waals surface area contributed by atoms with Gasteiger partial charge in [0.15, 0.2) is 0 Å². The number of fused-ring (bicyclic) bond motifs is 2. The SMILES string of the molecule is c1cncc(-c2nnc(Nc3c4ccccc4nc4ccccc34)o2)c1. The van der Waals surface area contributed by atoms with Crippen molar-refractivity contribution < 1.29 is 4.42 Å². The van der Waals surface area contributed by atoms with Crippen molar-refractivity contribution in [2.75, 3.05) is 5.32 Å². The van der Waals surface area contributed by atoms with Crippen molar-refractivity contribution in [1.29, 1.82) is 0 Å². The molecule has 26 heavy (non-hydrogen) atoms. The van der Waals surface area contributed by atoms with Gasteiger partial charge in [-0.1, -0.05) is 41.5 Å². The summed E-state index contributed by atoms with van der Waals surface area (Å²) >= 11 is 0. The van der Waals surface area contributed by atoms with Gasteiger partial charge in [-0.25, -0.2) is 4.98 Å². The molecular formula is C20H13N5O. The maximum atomic E-state index is 5.78. The minimum absolute atomic E-state index is 0.324. The van der Waals surface area contributed by atoms with Crippen LogP contribution in [0.5, 0.6) is 0 Å². The van der Waals surface area contributed by atoms with Crippen molar-refractivity contribution >= 4 is 33.5 Å². The van der Waals surface area contributed by atoms with Gasteiger partial charge in [-0.3, -0.25) is 4.98 Å². The Morgan fingerprint density at radius 2 is 1.50 bits per heavy atom. The van der Waals surface area contributed by atoms with Gasteiger partial charge in [0, 0.05) is 23.2 Å². The third kappa shape index (κ3) is 2.44. The standard InChI is InChI=1S/C20H13N5O/c1-3-9-16-14(7-1)18(15-8-2-4-10-17(15)22-16)23-20-25-24-19(26-20)13-6-5-11-21-12-13/h1-12H,(H,22,23,25). The fraction of sp³-hybridized carbons (Fsp3) is 0. The second-order valence-electron chi connectivity index (χ2n) is 5.80. The van der Waals surface area contributed by atoms with Gasteiger partial charge in [0.1, 0.15) is 0 Å². The smallest absolute Gasteiger partial charge is 0.320 e. The zero-order valence-corrected chi connectivity index (χ0v) is 13.6. The Morgan fingerprint density at radius 1 is 0.769 bits per heavy atom. The highest BCUT2D eigenvalue weighted by Crippen LogP contribution is 2.33. The van der Waals surface area contributed by atoms with Crippen LogP contribution < -0.4 is 5.32 Å². The number of hydrogen-bond acceptors (Lipinski definition) is 6. The molecule has 3 heterocycles. The average Bonchev–Trinajstić information content (AvgIpc) is 3.17. The highest BCUT2D eigenvalue weighted by molar-refractivity contribution is 6.08. The van der Waals surface area contributed by atoms with Crippen molar-refractivity contribution in [2.45, 2.75) is 0 Å². The van der Waals surface area contributed by atoms with Gasteiger partial charge >= 0.3 is 6.01 Å². The Kier molecular flexibility index (Phi) is 3.31. The Hall–Kier alpha value is -3.80. The summed E-state index contributed by atoms with van der Waals surface area (Å²) in [5.41, 5.74) is 3.48. The first-order chi connectivity index (χ1) is 12.9. The summed E-state index contributed by atoms with van der Waals surface area (Å²) in [6.45, 7) is 0. The van der Waals surface area contributed by atoms with Crippen LogP contribution in [0.1, 0.15) is 0 Å². The molecule has 0 fully saturated rings. The van der Waals surface area contributed by atoms with Crippen LogP contribution >= 0.6 is 0 Å². The van der Waals surface area contributed by atoms with E-state index in [2.05, 4.69) is 20.5 Å². The van der Waals surface area contributed by atoms with Gasteiger partial charge in [-0.15, -0.1) is 5.10 Å². The molecule has 5 aromatic rings. The molecule has 6 nitrogen and oxygen atoms in total. The zero-order valence-electron chi connectivity index (χ0n) is 13.6. The molecule has 0 aliphatic carbocycles. The number of pyridine rings is 2.